The molecule has 1 fully saturated rings. The fourth-order valence-electron chi connectivity index (χ4n) is 2.58. The molecule has 1 aliphatic carbocycles. The highest BCUT2D eigenvalue weighted by atomic mass is 16.4. The number of nitrogens with zero attached hydrogens (tertiary/aromatic N) is 2. The van der Waals surface area contributed by atoms with Gasteiger partial charge in [0.25, 0.3) is 0 Å². The number of fused-ring (bicyclic) bond motifs is 1. The number of benzene rings is 1. The molecule has 1 saturated carbocycles. The predicted octanol–water partition coefficient (Wildman–Crippen LogP) is 2.53. The summed E-state index contributed by atoms with van der Waals surface area (Å²) in [4.78, 5) is 16.1. The maximum atomic E-state index is 11.5. The van der Waals surface area contributed by atoms with E-state index in [1.54, 1.807) is 6.07 Å². The molecule has 0 spiro atoms. The Morgan fingerprint density at radius 2 is 2.32 bits per heavy atom. The van der Waals surface area contributed by atoms with Gasteiger partial charge in [-0.05, 0) is 31.4 Å². The number of hydrogen-bond donors (Lipinski definition) is 2. The van der Waals surface area contributed by atoms with Crippen molar-refractivity contribution in [3.63, 3.8) is 0 Å². The van der Waals surface area contributed by atoms with Gasteiger partial charge >= 0.3 is 5.97 Å². The van der Waals surface area contributed by atoms with Gasteiger partial charge in [0.1, 0.15) is 17.4 Å². The van der Waals surface area contributed by atoms with Crippen molar-refractivity contribution in [1.82, 2.24) is 9.55 Å². The number of nitrogens with two attached hydrogens (primary N) is 1. The average Bonchev–Trinajstić information content (AvgIpc) is 3.14. The first-order chi connectivity index (χ1) is 9.13. The molecule has 5 nitrogen and oxygen atoms in total. The first-order valence-corrected chi connectivity index (χ1v) is 6.62. The van der Waals surface area contributed by atoms with Crippen LogP contribution < -0.4 is 5.73 Å². The molecule has 0 radical (unpaired) electrons. The topological polar surface area (TPSA) is 81.1 Å². The highest BCUT2D eigenvalue weighted by Gasteiger charge is 2.33. The van der Waals surface area contributed by atoms with Gasteiger partial charge in [-0.15, -0.1) is 0 Å². The van der Waals surface area contributed by atoms with Crippen LogP contribution in [0.1, 0.15) is 44.0 Å². The Balaban J connectivity index is 2.27. The number of nitrogen functional groups attached to an aromatic ring is 1. The van der Waals surface area contributed by atoms with E-state index in [2.05, 4.69) is 4.98 Å². The van der Waals surface area contributed by atoms with E-state index in [-0.39, 0.29) is 0 Å². The highest BCUT2D eigenvalue weighted by Crippen LogP contribution is 2.42. The molecule has 1 atom stereocenters. The molecular formula is C14H17N3O2. The summed E-state index contributed by atoms with van der Waals surface area (Å²) in [5, 5.41) is 9.42. The number of hydrogen-bond acceptors (Lipinski definition) is 3. The average molecular weight is 259 g/mol. The summed E-state index contributed by atoms with van der Waals surface area (Å²) < 4.78 is 1.87. The number of rotatable bonds is 4. The summed E-state index contributed by atoms with van der Waals surface area (Å²) >= 11 is 0. The summed E-state index contributed by atoms with van der Waals surface area (Å²) in [5.74, 6) is 0.452. The van der Waals surface area contributed by atoms with Crippen LogP contribution in [-0.2, 0) is 4.79 Å². The van der Waals surface area contributed by atoms with Crippen molar-refractivity contribution in [3.05, 3.63) is 24.0 Å². The minimum absolute atomic E-state index is 0.389. The zero-order valence-corrected chi connectivity index (χ0v) is 10.8. The quantitative estimate of drug-likeness (QED) is 0.827. The van der Waals surface area contributed by atoms with E-state index in [0.717, 1.165) is 29.7 Å². The Morgan fingerprint density at radius 3 is 2.89 bits per heavy atom. The van der Waals surface area contributed by atoms with Crippen molar-refractivity contribution in [2.75, 3.05) is 5.73 Å². The van der Waals surface area contributed by atoms with E-state index in [1.807, 2.05) is 23.6 Å². The van der Waals surface area contributed by atoms with Crippen LogP contribution in [0.25, 0.3) is 11.0 Å². The third kappa shape index (κ3) is 1.85. The molecule has 1 aromatic carbocycles. The number of carbonyl (C=O) groups is 1. The zero-order chi connectivity index (χ0) is 13.6. The molecule has 100 valence electrons. The lowest BCUT2D eigenvalue weighted by atomic mass is 10.2. The largest absolute Gasteiger partial charge is 0.480 e. The van der Waals surface area contributed by atoms with E-state index in [0.29, 0.717) is 18.0 Å². The molecule has 1 aliphatic rings. The van der Waals surface area contributed by atoms with Gasteiger partial charge in [0.15, 0.2) is 0 Å². The molecule has 0 aliphatic heterocycles. The van der Waals surface area contributed by atoms with Crippen LogP contribution >= 0.6 is 0 Å². The number of imidazole rings is 1. The first kappa shape index (κ1) is 12.0. The molecule has 19 heavy (non-hydrogen) atoms. The lowest BCUT2D eigenvalue weighted by Crippen LogP contribution is -2.20. The van der Waals surface area contributed by atoms with E-state index in [1.165, 1.54) is 0 Å². The van der Waals surface area contributed by atoms with Gasteiger partial charge in [0, 0.05) is 5.92 Å². The SMILES string of the molecule is CCC(C(=O)O)n1c(C2CC2)nc2c(N)cccc21. The molecule has 1 heterocycles. The van der Waals surface area contributed by atoms with Crippen LogP contribution in [0.3, 0.4) is 0 Å². The second kappa shape index (κ2) is 4.26. The van der Waals surface area contributed by atoms with Gasteiger partial charge in [-0.25, -0.2) is 9.78 Å². The summed E-state index contributed by atoms with van der Waals surface area (Å²) in [6.45, 7) is 1.88. The monoisotopic (exact) mass is 259 g/mol. The molecular weight excluding hydrogens is 242 g/mol. The summed E-state index contributed by atoms with van der Waals surface area (Å²) in [6.07, 6.45) is 2.70. The smallest absolute Gasteiger partial charge is 0.326 e. The minimum Gasteiger partial charge on any atom is -0.480 e. The number of carboxylic acids is 1. The van der Waals surface area contributed by atoms with E-state index in [9.17, 15) is 9.90 Å². The highest BCUT2D eigenvalue weighted by molar-refractivity contribution is 5.89. The van der Waals surface area contributed by atoms with Gasteiger partial charge in [-0.3, -0.25) is 0 Å². The Bertz CT molecular complexity index is 643. The van der Waals surface area contributed by atoms with Gasteiger partial charge in [0.2, 0.25) is 0 Å². The minimum atomic E-state index is -0.814. The second-order valence-electron chi connectivity index (χ2n) is 5.09. The molecule has 1 unspecified atom stereocenters. The Hall–Kier alpha value is -2.04. The van der Waals surface area contributed by atoms with Crippen LogP contribution in [0.15, 0.2) is 18.2 Å². The number of carboxylic acid groups (broad SMARTS) is 1. The lowest BCUT2D eigenvalue weighted by molar-refractivity contribution is -0.140. The third-order valence-corrected chi connectivity index (χ3v) is 3.70. The van der Waals surface area contributed by atoms with Gasteiger partial charge in [0.05, 0.1) is 11.2 Å². The van der Waals surface area contributed by atoms with Crippen molar-refractivity contribution in [2.24, 2.45) is 0 Å². The predicted molar refractivity (Wildman–Crippen MR) is 73.1 cm³/mol. The van der Waals surface area contributed by atoms with Crippen LogP contribution in [-0.4, -0.2) is 20.6 Å². The Kier molecular flexibility index (Phi) is 2.69. The van der Waals surface area contributed by atoms with Crippen molar-refractivity contribution < 1.29 is 9.90 Å². The molecule has 2 aromatic rings. The van der Waals surface area contributed by atoms with Crippen molar-refractivity contribution in [3.8, 4) is 0 Å². The molecule has 3 rings (SSSR count). The summed E-state index contributed by atoms with van der Waals surface area (Å²) in [6, 6.07) is 4.98. The van der Waals surface area contributed by atoms with Crippen LogP contribution in [0, 0.1) is 0 Å². The molecule has 3 N–H and O–H groups in total. The van der Waals surface area contributed by atoms with Crippen LogP contribution in [0.5, 0.6) is 0 Å². The molecule has 5 heteroatoms. The van der Waals surface area contributed by atoms with Crippen molar-refractivity contribution >= 4 is 22.7 Å². The maximum Gasteiger partial charge on any atom is 0.326 e. The van der Waals surface area contributed by atoms with Crippen molar-refractivity contribution in [2.45, 2.75) is 38.1 Å². The number of anilines is 1. The van der Waals surface area contributed by atoms with Crippen LogP contribution in [0.2, 0.25) is 0 Å². The summed E-state index contributed by atoms with van der Waals surface area (Å²) in [7, 11) is 0. The fraction of sp³-hybridized carbons (Fsp3) is 0.429. The maximum absolute atomic E-state index is 11.5. The normalized spacial score (nSPS) is 16.7. The number of aromatic nitrogens is 2. The van der Waals surface area contributed by atoms with Crippen molar-refractivity contribution in [1.29, 1.82) is 0 Å². The first-order valence-electron chi connectivity index (χ1n) is 6.62. The van der Waals surface area contributed by atoms with E-state index < -0.39 is 12.0 Å². The van der Waals surface area contributed by atoms with Gasteiger partial charge in [-0.1, -0.05) is 13.0 Å². The Morgan fingerprint density at radius 1 is 1.58 bits per heavy atom. The van der Waals surface area contributed by atoms with E-state index >= 15 is 0 Å². The standard InChI is InChI=1S/C14H17N3O2/c1-2-10(14(18)19)17-11-5-3-4-9(15)12(11)16-13(17)8-6-7-8/h3-5,8,10H,2,6-7,15H2,1H3,(H,18,19). The molecule has 0 amide bonds. The zero-order valence-electron chi connectivity index (χ0n) is 10.8. The summed E-state index contributed by atoms with van der Waals surface area (Å²) in [5.41, 5.74) is 8.12. The number of aliphatic carboxylic acids is 1. The van der Waals surface area contributed by atoms with Crippen LogP contribution in [0.4, 0.5) is 5.69 Å². The molecule has 0 saturated heterocycles. The van der Waals surface area contributed by atoms with E-state index in [4.69, 9.17) is 5.73 Å². The fourth-order valence-corrected chi connectivity index (χ4v) is 2.58. The Labute approximate surface area is 111 Å². The number of para-hydroxylation sites is 1. The van der Waals surface area contributed by atoms with Gasteiger partial charge in [-0.2, -0.15) is 0 Å². The molecule has 0 bridgehead atoms. The molecule has 1 aromatic heterocycles. The van der Waals surface area contributed by atoms with Gasteiger partial charge < -0.3 is 15.4 Å². The third-order valence-electron chi connectivity index (χ3n) is 3.70. The second-order valence-corrected chi connectivity index (χ2v) is 5.09. The lowest BCUT2D eigenvalue weighted by Gasteiger charge is -2.16.